The molecule has 1 aromatic carbocycles. The Labute approximate surface area is 110 Å². The second-order valence-corrected chi connectivity index (χ2v) is 6.77. The van der Waals surface area contributed by atoms with E-state index in [1.54, 1.807) is 35.7 Å². The summed E-state index contributed by atoms with van der Waals surface area (Å²) in [5.41, 5.74) is 0.989. The van der Waals surface area contributed by atoms with Gasteiger partial charge in [0, 0.05) is 6.07 Å². The van der Waals surface area contributed by atoms with Crippen molar-refractivity contribution >= 4 is 23.5 Å². The number of benzene rings is 1. The predicted octanol–water partition coefficient (Wildman–Crippen LogP) is 4.39. The van der Waals surface area contributed by atoms with Gasteiger partial charge in [-0.25, -0.2) is 0 Å². The van der Waals surface area contributed by atoms with Crippen LogP contribution in [0.5, 0.6) is 11.5 Å². The number of hydrogen-bond donors (Lipinski definition) is 2. The average molecular weight is 268 g/mol. The number of phenolic OH excluding ortho intramolecular Hbond substituents is 2. The van der Waals surface area contributed by atoms with Gasteiger partial charge in [0.05, 0.1) is 4.08 Å². The van der Waals surface area contributed by atoms with E-state index in [2.05, 4.69) is 17.7 Å². The lowest BCUT2D eigenvalue weighted by molar-refractivity contribution is 0.448. The smallest absolute Gasteiger partial charge is 0.119 e. The topological polar surface area (TPSA) is 40.5 Å². The molecule has 0 saturated carbocycles. The number of thioether (sulfide) groups is 2. The van der Waals surface area contributed by atoms with E-state index < -0.39 is 0 Å². The Morgan fingerprint density at radius 2 is 1.65 bits per heavy atom. The summed E-state index contributed by atoms with van der Waals surface area (Å²) < 4.78 is -0.0772. The molecule has 0 atom stereocenters. The maximum atomic E-state index is 9.60. The lowest BCUT2D eigenvalue weighted by Gasteiger charge is -2.28. The first-order chi connectivity index (χ1) is 8.16. The maximum Gasteiger partial charge on any atom is 0.119 e. The molecule has 0 aromatic heterocycles. The Morgan fingerprint density at radius 3 is 2.18 bits per heavy atom. The van der Waals surface area contributed by atoms with E-state index in [4.69, 9.17) is 0 Å². The molecule has 0 unspecified atom stereocenters. The Morgan fingerprint density at radius 1 is 1.06 bits per heavy atom. The third kappa shape index (κ3) is 2.75. The lowest BCUT2D eigenvalue weighted by Crippen LogP contribution is -2.14. The monoisotopic (exact) mass is 268 g/mol. The van der Waals surface area contributed by atoms with Crippen molar-refractivity contribution < 1.29 is 10.2 Å². The molecule has 1 heterocycles. The highest BCUT2D eigenvalue weighted by molar-refractivity contribution is 8.22. The number of aromatic hydroxyl groups is 2. The second-order valence-electron chi connectivity index (χ2n) is 4.10. The van der Waals surface area contributed by atoms with Crippen LogP contribution in [0.2, 0.25) is 0 Å². The minimum absolute atomic E-state index is 0.0772. The predicted molar refractivity (Wildman–Crippen MR) is 75.3 cm³/mol. The van der Waals surface area contributed by atoms with E-state index in [-0.39, 0.29) is 15.6 Å². The summed E-state index contributed by atoms with van der Waals surface area (Å²) in [6.45, 7) is 2.17. The SMILES string of the molecule is CCCCC1(c2cc(O)cc(O)c2)SC=CS1. The second kappa shape index (κ2) is 5.27. The van der Waals surface area contributed by atoms with Crippen molar-refractivity contribution in [3.05, 3.63) is 34.6 Å². The molecule has 1 aliphatic heterocycles. The van der Waals surface area contributed by atoms with Crippen molar-refractivity contribution in [3.8, 4) is 11.5 Å². The molecule has 17 heavy (non-hydrogen) atoms. The zero-order chi connectivity index (χ0) is 12.3. The van der Waals surface area contributed by atoms with Crippen molar-refractivity contribution in [2.45, 2.75) is 30.3 Å². The number of phenols is 2. The van der Waals surface area contributed by atoms with Gasteiger partial charge in [0.15, 0.2) is 0 Å². The maximum absolute atomic E-state index is 9.60. The fourth-order valence-corrected chi connectivity index (χ4v) is 4.40. The van der Waals surface area contributed by atoms with Gasteiger partial charge in [0.25, 0.3) is 0 Å². The summed E-state index contributed by atoms with van der Waals surface area (Å²) in [6.07, 6.45) is 3.32. The molecule has 0 radical (unpaired) electrons. The van der Waals surface area contributed by atoms with Crippen LogP contribution in [0.1, 0.15) is 31.7 Å². The van der Waals surface area contributed by atoms with Crippen LogP contribution in [0.4, 0.5) is 0 Å². The minimum Gasteiger partial charge on any atom is -0.508 e. The summed E-state index contributed by atoms with van der Waals surface area (Å²) in [7, 11) is 0. The first-order valence-corrected chi connectivity index (χ1v) is 7.46. The van der Waals surface area contributed by atoms with Gasteiger partial charge < -0.3 is 10.2 Å². The van der Waals surface area contributed by atoms with Crippen LogP contribution in [0, 0.1) is 0 Å². The van der Waals surface area contributed by atoms with Gasteiger partial charge in [-0.3, -0.25) is 0 Å². The summed E-state index contributed by atoms with van der Waals surface area (Å²) in [4.78, 5) is 0. The van der Waals surface area contributed by atoms with E-state index in [9.17, 15) is 10.2 Å². The van der Waals surface area contributed by atoms with Gasteiger partial charge >= 0.3 is 0 Å². The molecule has 0 fully saturated rings. The molecule has 0 amide bonds. The van der Waals surface area contributed by atoms with Crippen LogP contribution in [-0.2, 0) is 4.08 Å². The van der Waals surface area contributed by atoms with E-state index in [1.165, 1.54) is 6.07 Å². The Bertz CT molecular complexity index is 401. The molecule has 0 bridgehead atoms. The molecule has 1 aliphatic rings. The molecule has 1 aromatic rings. The van der Waals surface area contributed by atoms with Gasteiger partial charge in [-0.1, -0.05) is 19.8 Å². The first kappa shape index (κ1) is 12.7. The van der Waals surface area contributed by atoms with Crippen molar-refractivity contribution in [2.24, 2.45) is 0 Å². The standard InChI is InChI=1S/C13H16O2S2/c1-2-3-4-13(16-5-6-17-13)10-7-11(14)9-12(15)8-10/h5-9,14-15H,2-4H2,1H3. The third-order valence-electron chi connectivity index (χ3n) is 2.77. The van der Waals surface area contributed by atoms with Crippen LogP contribution in [0.25, 0.3) is 0 Å². The van der Waals surface area contributed by atoms with Crippen molar-refractivity contribution in [3.63, 3.8) is 0 Å². The van der Waals surface area contributed by atoms with Crippen LogP contribution < -0.4 is 0 Å². The van der Waals surface area contributed by atoms with Crippen molar-refractivity contribution in [1.29, 1.82) is 0 Å². The van der Waals surface area contributed by atoms with E-state index in [0.717, 1.165) is 24.8 Å². The largest absolute Gasteiger partial charge is 0.508 e. The summed E-state index contributed by atoms with van der Waals surface area (Å²) in [5, 5.41) is 23.4. The fraction of sp³-hybridized carbons (Fsp3) is 0.385. The summed E-state index contributed by atoms with van der Waals surface area (Å²) in [6, 6.07) is 4.87. The summed E-state index contributed by atoms with van der Waals surface area (Å²) in [5.74, 6) is 0.257. The van der Waals surface area contributed by atoms with E-state index in [1.807, 2.05) is 0 Å². The normalized spacial score (nSPS) is 17.5. The summed E-state index contributed by atoms with van der Waals surface area (Å²) >= 11 is 3.52. The van der Waals surface area contributed by atoms with Gasteiger partial charge in [0.1, 0.15) is 11.5 Å². The molecular formula is C13H16O2S2. The molecule has 0 saturated heterocycles. The highest BCUT2D eigenvalue weighted by Gasteiger charge is 2.35. The Kier molecular flexibility index (Phi) is 3.94. The molecule has 92 valence electrons. The van der Waals surface area contributed by atoms with E-state index >= 15 is 0 Å². The fourth-order valence-electron chi connectivity index (χ4n) is 1.93. The van der Waals surface area contributed by atoms with Crippen LogP contribution in [0.3, 0.4) is 0 Å². The quantitative estimate of drug-likeness (QED) is 0.849. The first-order valence-electron chi connectivity index (χ1n) is 5.70. The minimum atomic E-state index is -0.0772. The molecule has 2 rings (SSSR count). The molecule has 0 spiro atoms. The molecule has 2 nitrogen and oxygen atoms in total. The zero-order valence-electron chi connectivity index (χ0n) is 9.72. The van der Waals surface area contributed by atoms with Crippen LogP contribution in [0.15, 0.2) is 29.0 Å². The Balaban J connectivity index is 2.32. The number of hydrogen-bond acceptors (Lipinski definition) is 4. The molecule has 0 aliphatic carbocycles. The third-order valence-corrected chi connectivity index (χ3v) is 5.71. The Hall–Kier alpha value is -0.740. The highest BCUT2D eigenvalue weighted by atomic mass is 32.2. The molecular weight excluding hydrogens is 252 g/mol. The van der Waals surface area contributed by atoms with Gasteiger partial charge in [-0.2, -0.15) is 0 Å². The molecule has 2 N–H and O–H groups in total. The zero-order valence-corrected chi connectivity index (χ0v) is 11.4. The van der Waals surface area contributed by atoms with Crippen molar-refractivity contribution in [1.82, 2.24) is 0 Å². The van der Waals surface area contributed by atoms with Crippen molar-refractivity contribution in [2.75, 3.05) is 0 Å². The van der Waals surface area contributed by atoms with Gasteiger partial charge in [-0.15, -0.1) is 23.5 Å². The van der Waals surface area contributed by atoms with Crippen LogP contribution in [-0.4, -0.2) is 10.2 Å². The van der Waals surface area contributed by atoms with Gasteiger partial charge in [-0.05, 0) is 34.9 Å². The van der Waals surface area contributed by atoms with Gasteiger partial charge in [0.2, 0.25) is 0 Å². The van der Waals surface area contributed by atoms with E-state index in [0.29, 0.717) is 0 Å². The average Bonchev–Trinajstić information content (AvgIpc) is 2.75. The number of unbranched alkanes of at least 4 members (excludes halogenated alkanes) is 1. The molecule has 4 heteroatoms. The lowest BCUT2D eigenvalue weighted by atomic mass is 10.1. The van der Waals surface area contributed by atoms with Crippen LogP contribution >= 0.6 is 23.5 Å². The highest BCUT2D eigenvalue weighted by Crippen LogP contribution is 2.56. The number of rotatable bonds is 4.